The van der Waals surface area contributed by atoms with Crippen LogP contribution in [0.1, 0.15) is 19.3 Å². The summed E-state index contributed by atoms with van der Waals surface area (Å²) < 4.78 is 52.1. The Bertz CT molecular complexity index is 696. The van der Waals surface area contributed by atoms with Gasteiger partial charge in [0.1, 0.15) is 0 Å². The van der Waals surface area contributed by atoms with Crippen molar-refractivity contribution in [1.29, 1.82) is 0 Å². The SMILES string of the molecule is O=S(=O)(NCCS(=O)(=O)N1CCCCC1)c1ccc(Cl)cc1. The van der Waals surface area contributed by atoms with Crippen LogP contribution in [-0.4, -0.2) is 46.5 Å². The van der Waals surface area contributed by atoms with Crippen molar-refractivity contribution in [2.24, 2.45) is 0 Å². The Morgan fingerprint density at radius 3 is 2.18 bits per heavy atom. The maximum absolute atomic E-state index is 12.1. The molecule has 0 bridgehead atoms. The van der Waals surface area contributed by atoms with Crippen LogP contribution in [0.3, 0.4) is 0 Å². The lowest BCUT2D eigenvalue weighted by atomic mass is 10.2. The van der Waals surface area contributed by atoms with Gasteiger partial charge in [0.25, 0.3) is 0 Å². The van der Waals surface area contributed by atoms with Gasteiger partial charge in [0.05, 0.1) is 10.6 Å². The van der Waals surface area contributed by atoms with Gasteiger partial charge in [-0.1, -0.05) is 18.0 Å². The van der Waals surface area contributed by atoms with Gasteiger partial charge in [-0.2, -0.15) is 0 Å². The van der Waals surface area contributed by atoms with Crippen molar-refractivity contribution in [1.82, 2.24) is 9.03 Å². The average molecular weight is 367 g/mol. The molecule has 2 rings (SSSR count). The number of piperidine rings is 1. The number of rotatable bonds is 6. The lowest BCUT2D eigenvalue weighted by Crippen LogP contribution is -2.40. The van der Waals surface area contributed by atoms with Crippen molar-refractivity contribution in [3.05, 3.63) is 29.3 Å². The van der Waals surface area contributed by atoms with E-state index in [1.54, 1.807) is 0 Å². The first kappa shape index (κ1) is 17.7. The van der Waals surface area contributed by atoms with Crippen LogP contribution in [0.15, 0.2) is 29.2 Å². The van der Waals surface area contributed by atoms with Gasteiger partial charge >= 0.3 is 0 Å². The number of nitrogens with zero attached hydrogens (tertiary/aromatic N) is 1. The molecule has 1 N–H and O–H groups in total. The number of hydrogen-bond donors (Lipinski definition) is 1. The minimum absolute atomic E-state index is 0.0623. The van der Waals surface area contributed by atoms with Gasteiger partial charge in [-0.3, -0.25) is 0 Å². The Balaban J connectivity index is 1.93. The molecule has 0 radical (unpaired) electrons. The second-order valence-electron chi connectivity index (χ2n) is 5.13. The maximum Gasteiger partial charge on any atom is 0.240 e. The fourth-order valence-corrected chi connectivity index (χ4v) is 4.99. The van der Waals surface area contributed by atoms with Crippen LogP contribution < -0.4 is 4.72 Å². The molecular formula is C13H19ClN2O4S2. The van der Waals surface area contributed by atoms with Gasteiger partial charge in [0.2, 0.25) is 20.0 Å². The van der Waals surface area contributed by atoms with E-state index >= 15 is 0 Å². The predicted octanol–water partition coefficient (Wildman–Crippen LogP) is 1.43. The van der Waals surface area contributed by atoms with Crippen LogP contribution in [0.25, 0.3) is 0 Å². The molecule has 6 nitrogen and oxygen atoms in total. The van der Waals surface area contributed by atoms with Gasteiger partial charge in [0.15, 0.2) is 0 Å². The van der Waals surface area contributed by atoms with Crippen LogP contribution in [0.2, 0.25) is 5.02 Å². The molecule has 0 atom stereocenters. The van der Waals surface area contributed by atoms with E-state index < -0.39 is 20.0 Å². The molecule has 0 unspecified atom stereocenters. The van der Waals surface area contributed by atoms with Crippen LogP contribution in [0.5, 0.6) is 0 Å². The zero-order chi connectivity index (χ0) is 16.2. The lowest BCUT2D eigenvalue weighted by molar-refractivity contribution is 0.346. The summed E-state index contributed by atoms with van der Waals surface area (Å²) in [5.74, 6) is -0.236. The smallest absolute Gasteiger partial charge is 0.212 e. The van der Waals surface area contributed by atoms with Gasteiger partial charge in [0, 0.05) is 24.7 Å². The molecule has 0 spiro atoms. The molecule has 9 heteroatoms. The van der Waals surface area contributed by atoms with Crippen molar-refractivity contribution < 1.29 is 16.8 Å². The van der Waals surface area contributed by atoms with Crippen molar-refractivity contribution in [2.45, 2.75) is 24.2 Å². The Morgan fingerprint density at radius 1 is 1.00 bits per heavy atom. The van der Waals surface area contributed by atoms with E-state index in [0.29, 0.717) is 18.1 Å². The molecule has 1 aliphatic rings. The van der Waals surface area contributed by atoms with Crippen molar-refractivity contribution >= 4 is 31.6 Å². The van der Waals surface area contributed by atoms with Crippen molar-refractivity contribution in [2.75, 3.05) is 25.4 Å². The molecule has 1 aromatic rings. The zero-order valence-corrected chi connectivity index (χ0v) is 14.4. The van der Waals surface area contributed by atoms with Gasteiger partial charge in [-0.05, 0) is 37.1 Å². The number of nitrogens with one attached hydrogen (secondary N) is 1. The highest BCUT2D eigenvalue weighted by Gasteiger charge is 2.24. The van der Waals surface area contributed by atoms with Crippen LogP contribution in [-0.2, 0) is 20.0 Å². The first-order chi connectivity index (χ1) is 10.3. The molecular weight excluding hydrogens is 348 g/mol. The molecule has 124 valence electrons. The molecule has 0 aliphatic carbocycles. The van der Waals surface area contributed by atoms with E-state index in [2.05, 4.69) is 4.72 Å². The summed E-state index contributed by atoms with van der Waals surface area (Å²) in [5, 5.41) is 0.437. The fourth-order valence-electron chi connectivity index (χ4n) is 2.27. The molecule has 1 fully saturated rings. The highest BCUT2D eigenvalue weighted by molar-refractivity contribution is 7.90. The number of benzene rings is 1. The average Bonchev–Trinajstić information content (AvgIpc) is 2.48. The third kappa shape index (κ3) is 4.66. The van der Waals surface area contributed by atoms with Crippen LogP contribution in [0.4, 0.5) is 0 Å². The lowest BCUT2D eigenvalue weighted by Gasteiger charge is -2.25. The standard InChI is InChI=1S/C13H19ClN2O4S2/c14-12-4-6-13(7-5-12)22(19,20)15-8-11-21(17,18)16-9-2-1-3-10-16/h4-7,15H,1-3,8-11H2. The summed E-state index contributed by atoms with van der Waals surface area (Å²) in [6.07, 6.45) is 2.75. The van der Waals surface area contributed by atoms with Crippen LogP contribution >= 0.6 is 11.6 Å². The molecule has 1 heterocycles. The largest absolute Gasteiger partial charge is 0.240 e. The monoisotopic (exact) mass is 366 g/mol. The summed E-state index contributed by atoms with van der Waals surface area (Å²) in [6.45, 7) is 0.891. The van der Waals surface area contributed by atoms with E-state index in [0.717, 1.165) is 19.3 Å². The summed E-state index contributed by atoms with van der Waals surface area (Å²) in [5.41, 5.74) is 0. The van der Waals surface area contributed by atoms with E-state index in [-0.39, 0.29) is 17.2 Å². The highest BCUT2D eigenvalue weighted by atomic mass is 35.5. The molecule has 0 saturated carbocycles. The molecule has 0 amide bonds. The van der Waals surface area contributed by atoms with Crippen LogP contribution in [0, 0.1) is 0 Å². The minimum Gasteiger partial charge on any atom is -0.212 e. The Labute approximate surface area is 136 Å². The van der Waals surface area contributed by atoms with Crippen molar-refractivity contribution in [3.8, 4) is 0 Å². The second kappa shape index (κ2) is 7.27. The van der Waals surface area contributed by atoms with E-state index in [9.17, 15) is 16.8 Å². The van der Waals surface area contributed by atoms with Gasteiger partial charge in [-0.15, -0.1) is 0 Å². The Kier molecular flexibility index (Phi) is 5.84. The molecule has 0 aromatic heterocycles. The number of sulfonamides is 2. The normalized spacial score (nSPS) is 17.5. The third-order valence-corrected chi connectivity index (χ3v) is 7.09. The first-order valence-corrected chi connectivity index (χ1v) is 10.5. The van der Waals surface area contributed by atoms with Gasteiger partial charge < -0.3 is 0 Å². The fraction of sp³-hybridized carbons (Fsp3) is 0.538. The first-order valence-electron chi connectivity index (χ1n) is 7.04. The summed E-state index contributed by atoms with van der Waals surface area (Å²) >= 11 is 5.71. The third-order valence-electron chi connectivity index (χ3n) is 3.48. The van der Waals surface area contributed by atoms with Crippen molar-refractivity contribution in [3.63, 3.8) is 0 Å². The molecule has 22 heavy (non-hydrogen) atoms. The van der Waals surface area contributed by atoms with Gasteiger partial charge in [-0.25, -0.2) is 25.9 Å². The summed E-state index contributed by atoms with van der Waals surface area (Å²) in [7, 11) is -7.13. The number of halogens is 1. The van der Waals surface area contributed by atoms with E-state index in [1.165, 1.54) is 28.6 Å². The predicted molar refractivity (Wildman–Crippen MR) is 85.9 cm³/mol. The Morgan fingerprint density at radius 2 is 1.59 bits per heavy atom. The Hall–Kier alpha value is -0.670. The van der Waals surface area contributed by atoms with E-state index in [4.69, 9.17) is 11.6 Å². The topological polar surface area (TPSA) is 83.5 Å². The van der Waals surface area contributed by atoms with E-state index in [1.807, 2.05) is 0 Å². The summed E-state index contributed by atoms with van der Waals surface area (Å²) in [6, 6.07) is 5.70. The maximum atomic E-state index is 12.1. The molecule has 1 aromatic carbocycles. The summed E-state index contributed by atoms with van der Waals surface area (Å²) in [4.78, 5) is 0.0623. The second-order valence-corrected chi connectivity index (χ2v) is 9.42. The molecule has 1 saturated heterocycles. The zero-order valence-electron chi connectivity index (χ0n) is 12.0. The minimum atomic E-state index is -3.72. The quantitative estimate of drug-likeness (QED) is 0.825. The molecule has 1 aliphatic heterocycles. The number of hydrogen-bond acceptors (Lipinski definition) is 4. The highest BCUT2D eigenvalue weighted by Crippen LogP contribution is 2.15.